The molecule has 3 rings (SSSR count). The van der Waals surface area contributed by atoms with Crippen LogP contribution in [0, 0.1) is 44.0 Å². The van der Waals surface area contributed by atoms with Gasteiger partial charge >= 0.3 is 11.9 Å². The molecule has 0 saturated heterocycles. The highest BCUT2D eigenvalue weighted by atomic mass is 16.7. The Bertz CT molecular complexity index is 1350. The summed E-state index contributed by atoms with van der Waals surface area (Å²) in [6.07, 6.45) is 16.0. The summed E-state index contributed by atoms with van der Waals surface area (Å²) in [5, 5.41) is 22.7. The quantitative estimate of drug-likeness (QED) is 0.0657. The zero-order chi connectivity index (χ0) is 41.3. The van der Waals surface area contributed by atoms with E-state index in [1.165, 1.54) is 0 Å². The monoisotopic (exact) mass is 760 g/mol. The van der Waals surface area contributed by atoms with Gasteiger partial charge in [0, 0.05) is 18.3 Å². The molecular formula is C40H64N4O10. The van der Waals surface area contributed by atoms with Crippen LogP contribution in [0.5, 0.6) is 0 Å². The number of nitrogens with zero attached hydrogens (tertiary/aromatic N) is 4. The van der Waals surface area contributed by atoms with Crippen molar-refractivity contribution in [1.29, 1.82) is 5.26 Å². The Morgan fingerprint density at radius 2 is 0.926 bits per heavy atom. The first-order valence-corrected chi connectivity index (χ1v) is 18.8. The van der Waals surface area contributed by atoms with Crippen LogP contribution in [-0.4, -0.2) is 78.7 Å². The number of hydrogen-bond acceptors (Lipinski definition) is 14. The third kappa shape index (κ3) is 18.6. The van der Waals surface area contributed by atoms with E-state index >= 15 is 0 Å². The van der Waals surface area contributed by atoms with Gasteiger partial charge in [-0.15, -0.1) is 0 Å². The Labute approximate surface area is 321 Å². The van der Waals surface area contributed by atoms with Crippen molar-refractivity contribution in [3.05, 3.63) is 0 Å². The van der Waals surface area contributed by atoms with Gasteiger partial charge in [-0.1, -0.05) is 62.3 Å². The van der Waals surface area contributed by atoms with E-state index in [0.717, 1.165) is 57.8 Å². The normalized spacial score (nSPS) is 30.2. The van der Waals surface area contributed by atoms with Crippen molar-refractivity contribution in [3.63, 3.8) is 0 Å². The molecule has 3 saturated carbocycles. The molecule has 14 nitrogen and oxygen atoms in total. The lowest BCUT2D eigenvalue weighted by Gasteiger charge is -2.45. The number of hydrogen-bond donors (Lipinski definition) is 2. The molecule has 3 aliphatic rings. The predicted molar refractivity (Wildman–Crippen MR) is 199 cm³/mol. The number of rotatable bonds is 13. The number of aliphatic hydroxyl groups is 2. The number of carbonyl (C=O) groups excluding carboxylic acids is 5. The largest absolute Gasteiger partial charge is 0.428 e. The van der Waals surface area contributed by atoms with Gasteiger partial charge < -0.3 is 24.4 Å². The minimum Gasteiger partial charge on any atom is -0.428 e. The Morgan fingerprint density at radius 3 is 1.24 bits per heavy atom. The van der Waals surface area contributed by atoms with Crippen LogP contribution in [0.1, 0.15) is 146 Å². The lowest BCUT2D eigenvalue weighted by molar-refractivity contribution is -0.168. The summed E-state index contributed by atoms with van der Waals surface area (Å²) < 4.78 is 15.2. The molecule has 6 atom stereocenters. The minimum atomic E-state index is -0.750. The summed E-state index contributed by atoms with van der Waals surface area (Å²) in [4.78, 5) is 68.1. The van der Waals surface area contributed by atoms with E-state index in [1.807, 2.05) is 0 Å². The van der Waals surface area contributed by atoms with Gasteiger partial charge in [0.1, 0.15) is 13.4 Å². The molecule has 0 spiro atoms. The molecule has 0 aromatic heterocycles. The molecule has 3 aliphatic carbocycles. The van der Waals surface area contributed by atoms with Crippen LogP contribution in [0.15, 0.2) is 15.0 Å². The number of carbonyl (C=O) groups is 2. The highest BCUT2D eigenvalue weighted by Gasteiger charge is 2.44. The lowest BCUT2D eigenvalue weighted by atomic mass is 9.61. The Balaban J connectivity index is 0.000000636. The molecule has 3 fully saturated rings. The van der Waals surface area contributed by atoms with Gasteiger partial charge in [0.05, 0.1) is 18.1 Å². The standard InChI is InChI=1S/C27H42N2O6.C12H18N2O2.CH4O2/c1-24(2)11-20(28-17-30)13-26(5,15-24)9-7-22(32)34-19-35-23(33)8-10-27(6)14-21(29-18-31)12-25(3,4)16-27;1-11(2)4-10(14-9-15)5-12(3,6-11)7-16-8-13;2-1-3/h20-21H,7-16,19H2,1-6H3;10H,4-7H2,1-3H3;2-3H,1H2. The average molecular weight is 761 g/mol. The highest BCUT2D eigenvalue weighted by Crippen LogP contribution is 2.51. The fraction of sp³-hybridized carbons (Fsp3) is 0.850. The summed E-state index contributed by atoms with van der Waals surface area (Å²) >= 11 is 0. The molecule has 304 valence electrons. The first-order chi connectivity index (χ1) is 25.0. The maximum absolute atomic E-state index is 12.3. The summed E-state index contributed by atoms with van der Waals surface area (Å²) in [5.74, 6) is -0.818. The van der Waals surface area contributed by atoms with E-state index in [2.05, 4.69) is 77.3 Å². The van der Waals surface area contributed by atoms with Crippen LogP contribution in [0.3, 0.4) is 0 Å². The molecule has 6 unspecified atom stereocenters. The van der Waals surface area contributed by atoms with Crippen LogP contribution in [0.25, 0.3) is 0 Å². The SMILES string of the molecule is CC1(C)CC(N=C=O)CC(C)(CCC(=O)OCOC(=O)CCC2(C)CC(N=C=O)CC(C)(C)C2)C1.CC1(C)CC(N=C=O)CC(C)(COC#N)C1.OCO. The van der Waals surface area contributed by atoms with Gasteiger partial charge in [0.15, 0.2) is 0 Å². The number of ether oxygens (including phenoxy) is 3. The molecule has 0 aliphatic heterocycles. The van der Waals surface area contributed by atoms with Gasteiger partial charge in [-0.2, -0.15) is 5.26 Å². The molecule has 14 heteroatoms. The van der Waals surface area contributed by atoms with Crippen LogP contribution in [0.2, 0.25) is 0 Å². The molecule has 0 radical (unpaired) electrons. The zero-order valence-corrected chi connectivity index (χ0v) is 34.0. The smallest absolute Gasteiger partial charge is 0.308 e. The van der Waals surface area contributed by atoms with Gasteiger partial charge in [-0.05, 0) is 97.7 Å². The second-order valence-electron chi connectivity index (χ2n) is 19.0. The van der Waals surface area contributed by atoms with E-state index < -0.39 is 25.5 Å². The predicted octanol–water partition coefficient (Wildman–Crippen LogP) is 6.77. The molecule has 0 bridgehead atoms. The molecule has 0 heterocycles. The van der Waals surface area contributed by atoms with Crippen LogP contribution >= 0.6 is 0 Å². The minimum absolute atomic E-state index is 0.00791. The fourth-order valence-electron chi connectivity index (χ4n) is 10.0. The topological polar surface area (TPSA) is 214 Å². The summed E-state index contributed by atoms with van der Waals surface area (Å²) in [6.45, 7) is 18.5. The van der Waals surface area contributed by atoms with Crippen LogP contribution in [0.4, 0.5) is 0 Å². The zero-order valence-electron chi connectivity index (χ0n) is 34.0. The van der Waals surface area contributed by atoms with E-state index in [4.69, 9.17) is 29.7 Å². The molecular weight excluding hydrogens is 696 g/mol. The lowest BCUT2D eigenvalue weighted by Crippen LogP contribution is -2.40. The number of aliphatic imine (C=N–C) groups is 3. The maximum atomic E-state index is 12.3. The molecule has 54 heavy (non-hydrogen) atoms. The second kappa shape index (κ2) is 21.4. The van der Waals surface area contributed by atoms with Crippen molar-refractivity contribution >= 4 is 30.2 Å². The van der Waals surface area contributed by atoms with Gasteiger partial charge in [0.2, 0.25) is 25.0 Å². The molecule has 0 aromatic rings. The van der Waals surface area contributed by atoms with Gasteiger partial charge in [0.25, 0.3) is 6.26 Å². The Hall–Kier alpha value is -3.71. The second-order valence-corrected chi connectivity index (χ2v) is 19.0. The highest BCUT2D eigenvalue weighted by molar-refractivity contribution is 5.71. The van der Waals surface area contributed by atoms with Gasteiger partial charge in [-0.3, -0.25) is 9.59 Å². The van der Waals surface area contributed by atoms with Crippen molar-refractivity contribution in [2.75, 3.05) is 20.2 Å². The summed E-state index contributed by atoms with van der Waals surface area (Å²) in [7, 11) is 0. The fourth-order valence-corrected chi connectivity index (χ4v) is 10.0. The summed E-state index contributed by atoms with van der Waals surface area (Å²) in [5.41, 5.74) is -0.156. The maximum Gasteiger partial charge on any atom is 0.308 e. The van der Waals surface area contributed by atoms with Crippen molar-refractivity contribution in [3.8, 4) is 6.26 Å². The first-order valence-electron chi connectivity index (χ1n) is 18.8. The summed E-state index contributed by atoms with van der Waals surface area (Å²) in [6, 6.07) is -0.140. The van der Waals surface area contributed by atoms with E-state index in [-0.39, 0.29) is 63.5 Å². The van der Waals surface area contributed by atoms with Crippen molar-refractivity contribution in [2.45, 2.75) is 164 Å². The van der Waals surface area contributed by atoms with Crippen molar-refractivity contribution in [2.24, 2.45) is 47.5 Å². The average Bonchev–Trinajstić information content (AvgIpc) is 3.00. The van der Waals surface area contributed by atoms with Crippen molar-refractivity contribution in [1.82, 2.24) is 0 Å². The van der Waals surface area contributed by atoms with Crippen LogP contribution in [-0.2, 0) is 38.2 Å². The Kier molecular flexibility index (Phi) is 19.1. The third-order valence-corrected chi connectivity index (χ3v) is 10.8. The first kappa shape index (κ1) is 48.3. The number of esters is 2. The van der Waals surface area contributed by atoms with E-state index in [0.29, 0.717) is 19.4 Å². The third-order valence-electron chi connectivity index (χ3n) is 10.8. The van der Waals surface area contributed by atoms with Gasteiger partial charge in [-0.25, -0.2) is 29.4 Å². The van der Waals surface area contributed by atoms with Crippen molar-refractivity contribution < 1.29 is 48.4 Å². The number of isocyanates is 3. The Morgan fingerprint density at radius 1 is 0.611 bits per heavy atom. The molecule has 2 N–H and O–H groups in total. The molecule has 0 aromatic carbocycles. The number of nitriles is 1. The number of aliphatic hydroxyl groups excluding tert-OH is 1. The van der Waals surface area contributed by atoms with Crippen LogP contribution < -0.4 is 0 Å². The van der Waals surface area contributed by atoms with E-state index in [1.54, 1.807) is 24.5 Å². The molecule has 0 amide bonds. The van der Waals surface area contributed by atoms with E-state index in [9.17, 15) is 24.0 Å².